The Morgan fingerprint density at radius 1 is 1.50 bits per heavy atom. The van der Waals surface area contributed by atoms with Crippen LogP contribution in [-0.4, -0.2) is 12.5 Å². The van der Waals surface area contributed by atoms with Crippen molar-refractivity contribution in [1.82, 2.24) is 0 Å². The van der Waals surface area contributed by atoms with E-state index in [2.05, 4.69) is 0 Å². The Kier molecular flexibility index (Phi) is 2.17. The van der Waals surface area contributed by atoms with E-state index in [4.69, 9.17) is 22.1 Å². The molecule has 1 heterocycles. The summed E-state index contributed by atoms with van der Waals surface area (Å²) in [5, 5.41) is 0.606. The number of carbonyl (C=O) groups excluding carboxylic acids is 1. The van der Waals surface area contributed by atoms with Gasteiger partial charge in [0.15, 0.2) is 0 Å². The second-order valence-corrected chi connectivity index (χ2v) is 3.44. The molecule has 1 aromatic carbocycles. The highest BCUT2D eigenvalue weighted by molar-refractivity contribution is 6.30. The zero-order chi connectivity index (χ0) is 10.1. The van der Waals surface area contributed by atoms with Crippen molar-refractivity contribution in [3.63, 3.8) is 0 Å². The molecule has 2 rings (SSSR count). The lowest BCUT2D eigenvalue weighted by molar-refractivity contribution is -0.114. The average Bonchev–Trinajstić information content (AvgIpc) is 2.16. The molecule has 1 amide bonds. The number of rotatable bonds is 1. The van der Waals surface area contributed by atoms with Gasteiger partial charge < -0.3 is 10.5 Å². The van der Waals surface area contributed by atoms with Crippen LogP contribution in [0.15, 0.2) is 23.8 Å². The molecule has 0 atom stereocenters. The molecule has 0 radical (unpaired) electrons. The Bertz CT molecular complexity index is 426. The van der Waals surface area contributed by atoms with Gasteiger partial charge in [0.05, 0.1) is 5.57 Å². The molecule has 2 N–H and O–H groups in total. The second kappa shape index (κ2) is 3.35. The molecule has 0 saturated heterocycles. The van der Waals surface area contributed by atoms with Gasteiger partial charge in [0.2, 0.25) is 5.91 Å². The molecule has 3 nitrogen and oxygen atoms in total. The zero-order valence-corrected chi connectivity index (χ0v) is 8.04. The Hall–Kier alpha value is -1.48. The summed E-state index contributed by atoms with van der Waals surface area (Å²) in [7, 11) is 0. The van der Waals surface area contributed by atoms with Crippen LogP contribution in [0.4, 0.5) is 0 Å². The van der Waals surface area contributed by atoms with E-state index in [1.54, 1.807) is 24.3 Å². The van der Waals surface area contributed by atoms with E-state index in [1.807, 2.05) is 0 Å². The van der Waals surface area contributed by atoms with Gasteiger partial charge in [-0.25, -0.2) is 0 Å². The number of nitrogens with two attached hydrogens (primary N) is 1. The van der Waals surface area contributed by atoms with Gasteiger partial charge in [-0.1, -0.05) is 11.6 Å². The highest BCUT2D eigenvalue weighted by Crippen LogP contribution is 2.28. The van der Waals surface area contributed by atoms with Gasteiger partial charge in [0.1, 0.15) is 12.4 Å². The standard InChI is InChI=1S/C10H8ClNO2/c11-8-1-2-9-6(4-8)3-7(5-14-9)10(12)13/h1-4H,5H2,(H2,12,13). The second-order valence-electron chi connectivity index (χ2n) is 3.00. The van der Waals surface area contributed by atoms with Crippen LogP contribution in [-0.2, 0) is 4.79 Å². The van der Waals surface area contributed by atoms with Gasteiger partial charge in [-0.05, 0) is 24.3 Å². The fourth-order valence-electron chi connectivity index (χ4n) is 1.29. The van der Waals surface area contributed by atoms with Gasteiger partial charge in [0.25, 0.3) is 0 Å². The van der Waals surface area contributed by atoms with E-state index in [-0.39, 0.29) is 6.61 Å². The highest BCUT2D eigenvalue weighted by Gasteiger charge is 2.14. The average molecular weight is 210 g/mol. The van der Waals surface area contributed by atoms with Gasteiger partial charge >= 0.3 is 0 Å². The summed E-state index contributed by atoms with van der Waals surface area (Å²) in [6.45, 7) is 0.226. The van der Waals surface area contributed by atoms with Crippen LogP contribution in [0.25, 0.3) is 6.08 Å². The normalized spacial score (nSPS) is 13.9. The summed E-state index contributed by atoms with van der Waals surface area (Å²) in [5.41, 5.74) is 6.39. The van der Waals surface area contributed by atoms with Crippen molar-refractivity contribution in [2.45, 2.75) is 0 Å². The third kappa shape index (κ3) is 1.59. The molecular weight excluding hydrogens is 202 g/mol. The van der Waals surface area contributed by atoms with E-state index < -0.39 is 5.91 Å². The lowest BCUT2D eigenvalue weighted by Gasteiger charge is -2.15. The molecule has 0 fully saturated rings. The number of amides is 1. The minimum atomic E-state index is -0.462. The monoisotopic (exact) mass is 209 g/mol. The molecule has 0 bridgehead atoms. The van der Waals surface area contributed by atoms with Crippen LogP contribution in [0.3, 0.4) is 0 Å². The molecule has 72 valence electrons. The van der Waals surface area contributed by atoms with Crippen molar-refractivity contribution < 1.29 is 9.53 Å². The number of ether oxygens (including phenoxy) is 1. The molecular formula is C10H8ClNO2. The number of halogens is 1. The van der Waals surface area contributed by atoms with Crippen molar-refractivity contribution in [3.8, 4) is 5.75 Å². The lowest BCUT2D eigenvalue weighted by Crippen LogP contribution is -2.21. The number of primary amides is 1. The van der Waals surface area contributed by atoms with Crippen LogP contribution in [0.1, 0.15) is 5.56 Å². The number of hydrogen-bond acceptors (Lipinski definition) is 2. The van der Waals surface area contributed by atoms with Crippen molar-refractivity contribution in [3.05, 3.63) is 34.4 Å². The van der Waals surface area contributed by atoms with E-state index in [0.29, 0.717) is 10.6 Å². The summed E-state index contributed by atoms with van der Waals surface area (Å²) in [6, 6.07) is 5.24. The van der Waals surface area contributed by atoms with E-state index >= 15 is 0 Å². The van der Waals surface area contributed by atoms with Gasteiger partial charge in [-0.15, -0.1) is 0 Å². The summed E-state index contributed by atoms with van der Waals surface area (Å²) < 4.78 is 5.32. The molecule has 0 aromatic heterocycles. The SMILES string of the molecule is NC(=O)C1=Cc2cc(Cl)ccc2OC1. The van der Waals surface area contributed by atoms with Gasteiger partial charge in [-0.3, -0.25) is 4.79 Å². The molecule has 0 saturated carbocycles. The summed E-state index contributed by atoms with van der Waals surface area (Å²) >= 11 is 5.80. The quantitative estimate of drug-likeness (QED) is 0.764. The molecule has 0 spiro atoms. The van der Waals surface area contributed by atoms with E-state index in [9.17, 15) is 4.79 Å². The van der Waals surface area contributed by atoms with E-state index in [0.717, 1.165) is 11.3 Å². The molecule has 0 aliphatic carbocycles. The molecule has 1 aliphatic heterocycles. The minimum Gasteiger partial charge on any atom is -0.488 e. The number of carbonyl (C=O) groups is 1. The molecule has 14 heavy (non-hydrogen) atoms. The maximum absolute atomic E-state index is 10.9. The van der Waals surface area contributed by atoms with Crippen LogP contribution < -0.4 is 10.5 Å². The van der Waals surface area contributed by atoms with Crippen molar-refractivity contribution in [2.75, 3.05) is 6.61 Å². The van der Waals surface area contributed by atoms with Crippen molar-refractivity contribution >= 4 is 23.6 Å². The van der Waals surface area contributed by atoms with Crippen molar-refractivity contribution in [1.29, 1.82) is 0 Å². The predicted molar refractivity (Wildman–Crippen MR) is 54.1 cm³/mol. The van der Waals surface area contributed by atoms with Crippen LogP contribution in [0.2, 0.25) is 5.02 Å². The summed E-state index contributed by atoms with van der Waals surface area (Å²) in [4.78, 5) is 10.9. The minimum absolute atomic E-state index is 0.226. The summed E-state index contributed by atoms with van der Waals surface area (Å²) in [6.07, 6.45) is 1.70. The van der Waals surface area contributed by atoms with Crippen LogP contribution >= 0.6 is 11.6 Å². The third-order valence-electron chi connectivity index (χ3n) is 2.00. The fraction of sp³-hybridized carbons (Fsp3) is 0.100. The Balaban J connectivity index is 2.47. The van der Waals surface area contributed by atoms with E-state index in [1.165, 1.54) is 0 Å². The first-order valence-electron chi connectivity index (χ1n) is 4.09. The first-order chi connectivity index (χ1) is 6.66. The fourth-order valence-corrected chi connectivity index (χ4v) is 1.47. The van der Waals surface area contributed by atoms with Gasteiger partial charge in [-0.2, -0.15) is 0 Å². The largest absolute Gasteiger partial charge is 0.488 e. The molecule has 4 heteroatoms. The highest BCUT2D eigenvalue weighted by atomic mass is 35.5. The van der Waals surface area contributed by atoms with Crippen LogP contribution in [0, 0.1) is 0 Å². The van der Waals surface area contributed by atoms with Gasteiger partial charge in [0, 0.05) is 10.6 Å². The third-order valence-corrected chi connectivity index (χ3v) is 2.24. The first-order valence-corrected chi connectivity index (χ1v) is 4.47. The van der Waals surface area contributed by atoms with Crippen molar-refractivity contribution in [2.24, 2.45) is 5.73 Å². The smallest absolute Gasteiger partial charge is 0.248 e. The summed E-state index contributed by atoms with van der Waals surface area (Å²) in [5.74, 6) is 0.259. The lowest BCUT2D eigenvalue weighted by atomic mass is 10.1. The number of hydrogen-bond donors (Lipinski definition) is 1. The Morgan fingerprint density at radius 3 is 3.00 bits per heavy atom. The number of benzene rings is 1. The first kappa shape index (κ1) is 9.09. The molecule has 1 aliphatic rings. The topological polar surface area (TPSA) is 52.3 Å². The molecule has 0 unspecified atom stereocenters. The Labute approximate surface area is 86.1 Å². The predicted octanol–water partition coefficient (Wildman–Crippen LogP) is 1.60. The number of fused-ring (bicyclic) bond motifs is 1. The van der Waals surface area contributed by atoms with Crippen LogP contribution in [0.5, 0.6) is 5.75 Å². The molecule has 1 aromatic rings. The maximum Gasteiger partial charge on any atom is 0.248 e. The zero-order valence-electron chi connectivity index (χ0n) is 7.29. The maximum atomic E-state index is 10.9. The Morgan fingerprint density at radius 2 is 2.29 bits per heavy atom.